The number of carbonyl (C=O) groups is 1. The zero-order valence-electron chi connectivity index (χ0n) is 13.6. The van der Waals surface area contributed by atoms with E-state index in [2.05, 4.69) is 42.2 Å². The first-order chi connectivity index (χ1) is 13.0. The van der Waals surface area contributed by atoms with Gasteiger partial charge in [-0.15, -0.1) is 11.3 Å². The maximum absolute atomic E-state index is 12.4. The molecule has 8 heteroatoms. The second-order valence-corrected chi connectivity index (χ2v) is 7.93. The quantitative estimate of drug-likeness (QED) is 0.358. The molecule has 0 aliphatic heterocycles. The van der Waals surface area contributed by atoms with Crippen LogP contribution < -0.4 is 5.32 Å². The van der Waals surface area contributed by atoms with Crippen molar-refractivity contribution in [1.29, 1.82) is 5.26 Å². The number of nitrogens with one attached hydrogen (secondary N) is 1. The first-order valence-corrected chi connectivity index (χ1v) is 10.1. The van der Waals surface area contributed by atoms with Crippen LogP contribution in [0.1, 0.15) is 5.56 Å². The van der Waals surface area contributed by atoms with Crippen molar-refractivity contribution in [3.8, 4) is 23.1 Å². The Labute approximate surface area is 176 Å². The van der Waals surface area contributed by atoms with Gasteiger partial charge in [-0.05, 0) is 55.6 Å². The largest absolute Gasteiger partial charge is 0.506 e. The average molecular weight is 505 g/mol. The molecular weight excluding hydrogens is 494 g/mol. The molecule has 0 spiro atoms. The van der Waals surface area contributed by atoms with Gasteiger partial charge in [-0.3, -0.25) is 10.1 Å². The fourth-order valence-corrected chi connectivity index (χ4v) is 4.16. The Bertz CT molecular complexity index is 1050. The molecule has 0 fully saturated rings. The molecule has 0 aliphatic rings. The van der Waals surface area contributed by atoms with Gasteiger partial charge in [0, 0.05) is 10.9 Å². The van der Waals surface area contributed by atoms with Crippen molar-refractivity contribution in [2.75, 3.05) is 5.32 Å². The molecule has 3 aromatic rings. The molecule has 0 unspecified atom stereocenters. The van der Waals surface area contributed by atoms with Crippen LogP contribution in [0.15, 0.2) is 62.4 Å². The molecular formula is C19H11Br2N3O2S. The zero-order valence-corrected chi connectivity index (χ0v) is 17.6. The summed E-state index contributed by atoms with van der Waals surface area (Å²) in [5, 5.41) is 24.0. The number of hydrogen-bond donors (Lipinski definition) is 2. The highest BCUT2D eigenvalue weighted by Gasteiger charge is 2.13. The summed E-state index contributed by atoms with van der Waals surface area (Å²) in [4.78, 5) is 16.8. The van der Waals surface area contributed by atoms with Crippen LogP contribution >= 0.6 is 43.2 Å². The van der Waals surface area contributed by atoms with Gasteiger partial charge in [-0.2, -0.15) is 5.26 Å². The molecule has 0 bridgehead atoms. The van der Waals surface area contributed by atoms with E-state index in [0.29, 0.717) is 19.6 Å². The van der Waals surface area contributed by atoms with Crippen LogP contribution in [0.2, 0.25) is 0 Å². The van der Waals surface area contributed by atoms with E-state index in [9.17, 15) is 15.2 Å². The van der Waals surface area contributed by atoms with Crippen molar-refractivity contribution in [1.82, 2.24) is 4.98 Å². The van der Waals surface area contributed by atoms with Crippen LogP contribution in [-0.4, -0.2) is 16.0 Å². The number of benzene rings is 2. The molecule has 27 heavy (non-hydrogen) atoms. The Kier molecular flexibility index (Phi) is 6.06. The summed E-state index contributed by atoms with van der Waals surface area (Å²) in [5.41, 5.74) is 2.21. The van der Waals surface area contributed by atoms with Gasteiger partial charge in [0.1, 0.15) is 17.4 Å². The number of aromatic hydroxyl groups is 1. The van der Waals surface area contributed by atoms with E-state index in [1.165, 1.54) is 17.4 Å². The Balaban J connectivity index is 1.80. The molecule has 1 heterocycles. The predicted molar refractivity (Wildman–Crippen MR) is 113 cm³/mol. The number of nitriles is 1. The highest BCUT2D eigenvalue weighted by Crippen LogP contribution is 2.34. The van der Waals surface area contributed by atoms with E-state index >= 15 is 0 Å². The number of halogens is 2. The second kappa shape index (κ2) is 8.48. The van der Waals surface area contributed by atoms with Gasteiger partial charge in [-0.1, -0.05) is 30.3 Å². The number of hydrogen-bond acceptors (Lipinski definition) is 5. The molecule has 1 amide bonds. The molecule has 5 nitrogen and oxygen atoms in total. The van der Waals surface area contributed by atoms with Crippen LogP contribution in [0.5, 0.6) is 5.75 Å². The molecule has 3 rings (SSSR count). The summed E-state index contributed by atoms with van der Waals surface area (Å²) in [5.74, 6) is -0.502. The van der Waals surface area contributed by atoms with E-state index < -0.39 is 5.91 Å². The zero-order chi connectivity index (χ0) is 19.4. The van der Waals surface area contributed by atoms with E-state index in [0.717, 1.165) is 11.3 Å². The Morgan fingerprint density at radius 2 is 1.89 bits per heavy atom. The van der Waals surface area contributed by atoms with E-state index in [-0.39, 0.29) is 11.3 Å². The lowest BCUT2D eigenvalue weighted by atomic mass is 10.1. The summed E-state index contributed by atoms with van der Waals surface area (Å²) in [6.45, 7) is 0. The van der Waals surface area contributed by atoms with Crippen LogP contribution in [0.25, 0.3) is 17.3 Å². The highest BCUT2D eigenvalue weighted by molar-refractivity contribution is 9.11. The summed E-state index contributed by atoms with van der Waals surface area (Å²) in [6.07, 6.45) is 1.44. The van der Waals surface area contributed by atoms with E-state index in [1.54, 1.807) is 12.1 Å². The molecule has 2 aromatic carbocycles. The topological polar surface area (TPSA) is 86.0 Å². The van der Waals surface area contributed by atoms with Gasteiger partial charge in [0.25, 0.3) is 5.91 Å². The van der Waals surface area contributed by atoms with Gasteiger partial charge < -0.3 is 5.11 Å². The summed E-state index contributed by atoms with van der Waals surface area (Å²) < 4.78 is 0.904. The first-order valence-electron chi connectivity index (χ1n) is 7.60. The van der Waals surface area contributed by atoms with E-state index in [1.807, 2.05) is 41.8 Å². The maximum Gasteiger partial charge on any atom is 0.268 e. The van der Waals surface area contributed by atoms with Crippen molar-refractivity contribution in [3.63, 3.8) is 0 Å². The number of aromatic nitrogens is 1. The van der Waals surface area contributed by atoms with Gasteiger partial charge >= 0.3 is 0 Å². The molecule has 0 saturated carbocycles. The molecule has 0 saturated heterocycles. The normalized spacial score (nSPS) is 11.1. The molecule has 0 radical (unpaired) electrons. The lowest BCUT2D eigenvalue weighted by Crippen LogP contribution is -2.13. The number of thiazole rings is 1. The van der Waals surface area contributed by atoms with Crippen molar-refractivity contribution in [2.45, 2.75) is 0 Å². The summed E-state index contributed by atoms with van der Waals surface area (Å²) >= 11 is 7.73. The standard InChI is InChI=1S/C19H11Br2N3O2S/c20-14-7-11(8-15(21)17(14)25)6-13(9-22)18(26)24-19-23-16(10-27-19)12-4-2-1-3-5-12/h1-8,10,25H,(H,23,24,26)/b13-6+. The van der Waals surface area contributed by atoms with Crippen LogP contribution in [-0.2, 0) is 4.79 Å². The van der Waals surface area contributed by atoms with Crippen molar-refractivity contribution in [2.24, 2.45) is 0 Å². The number of anilines is 1. The lowest BCUT2D eigenvalue weighted by molar-refractivity contribution is -0.112. The minimum Gasteiger partial charge on any atom is -0.506 e. The minimum absolute atomic E-state index is 0.0475. The summed E-state index contributed by atoms with van der Waals surface area (Å²) in [7, 11) is 0. The monoisotopic (exact) mass is 503 g/mol. The molecule has 0 aliphatic carbocycles. The average Bonchev–Trinajstić information content (AvgIpc) is 3.13. The van der Waals surface area contributed by atoms with Gasteiger partial charge in [0.2, 0.25) is 0 Å². The molecule has 1 aromatic heterocycles. The Morgan fingerprint density at radius 3 is 2.52 bits per heavy atom. The third kappa shape index (κ3) is 4.63. The SMILES string of the molecule is N#C/C(=C\c1cc(Br)c(O)c(Br)c1)C(=O)Nc1nc(-c2ccccc2)cs1. The fraction of sp³-hybridized carbons (Fsp3) is 0. The Morgan fingerprint density at radius 1 is 1.22 bits per heavy atom. The second-order valence-electron chi connectivity index (χ2n) is 5.36. The van der Waals surface area contributed by atoms with Crippen molar-refractivity contribution >= 4 is 60.3 Å². The number of phenols is 1. The predicted octanol–water partition coefficient (Wildman–Crippen LogP) is 5.59. The lowest BCUT2D eigenvalue weighted by Gasteiger charge is -2.04. The van der Waals surface area contributed by atoms with Crippen LogP contribution in [0, 0.1) is 11.3 Å². The Hall–Kier alpha value is -2.47. The van der Waals surface area contributed by atoms with Gasteiger partial charge in [0.05, 0.1) is 14.6 Å². The van der Waals surface area contributed by atoms with E-state index in [4.69, 9.17) is 0 Å². The molecule has 134 valence electrons. The summed E-state index contributed by atoms with van der Waals surface area (Å²) in [6, 6.07) is 14.7. The minimum atomic E-state index is -0.549. The third-order valence-corrected chi connectivity index (χ3v) is 5.48. The van der Waals surface area contributed by atoms with Gasteiger partial charge in [-0.25, -0.2) is 4.98 Å². The first kappa shape index (κ1) is 19.3. The fourth-order valence-electron chi connectivity index (χ4n) is 2.22. The molecule has 0 atom stereocenters. The number of nitrogens with zero attached hydrogens (tertiary/aromatic N) is 2. The number of rotatable bonds is 4. The van der Waals surface area contributed by atoms with Crippen LogP contribution in [0.3, 0.4) is 0 Å². The smallest absolute Gasteiger partial charge is 0.268 e. The maximum atomic E-state index is 12.4. The van der Waals surface area contributed by atoms with Crippen LogP contribution in [0.4, 0.5) is 5.13 Å². The van der Waals surface area contributed by atoms with Gasteiger partial charge in [0.15, 0.2) is 5.13 Å². The number of phenolic OH excluding ortho intramolecular Hbond substituents is 1. The number of amides is 1. The number of carbonyl (C=O) groups excluding carboxylic acids is 1. The van der Waals surface area contributed by atoms with Crippen molar-refractivity contribution in [3.05, 3.63) is 67.9 Å². The highest BCUT2D eigenvalue weighted by atomic mass is 79.9. The van der Waals surface area contributed by atoms with Crippen molar-refractivity contribution < 1.29 is 9.90 Å². The molecule has 2 N–H and O–H groups in total. The third-order valence-electron chi connectivity index (χ3n) is 3.51.